The van der Waals surface area contributed by atoms with Gasteiger partial charge >= 0.3 is 0 Å². The molecule has 0 aliphatic carbocycles. The smallest absolute Gasteiger partial charge is 0.237 e. The second-order valence-electron chi connectivity index (χ2n) is 4.34. The number of anilines is 1. The van der Waals surface area contributed by atoms with Crippen LogP contribution in [0, 0.1) is 5.92 Å². The molecule has 0 bridgehead atoms. The van der Waals surface area contributed by atoms with Crippen molar-refractivity contribution in [3.05, 3.63) is 11.2 Å². The maximum Gasteiger partial charge on any atom is 0.237 e. The van der Waals surface area contributed by atoms with E-state index in [4.69, 9.17) is 16.3 Å². The van der Waals surface area contributed by atoms with E-state index < -0.39 is 0 Å². The van der Waals surface area contributed by atoms with E-state index >= 15 is 0 Å². The summed E-state index contributed by atoms with van der Waals surface area (Å²) in [7, 11) is 0. The minimum absolute atomic E-state index is 0.0708. The lowest BCUT2D eigenvalue weighted by Gasteiger charge is -2.18. The predicted molar refractivity (Wildman–Crippen MR) is 70.8 cm³/mol. The summed E-state index contributed by atoms with van der Waals surface area (Å²) >= 11 is 6.00. The van der Waals surface area contributed by atoms with Gasteiger partial charge in [-0.3, -0.25) is 0 Å². The summed E-state index contributed by atoms with van der Waals surface area (Å²) in [5, 5.41) is 3.55. The van der Waals surface area contributed by atoms with Crippen molar-refractivity contribution in [2.75, 3.05) is 11.9 Å². The average Bonchev–Trinajstić information content (AvgIpc) is 2.29. The number of rotatable bonds is 6. The lowest BCUT2D eigenvalue weighted by Crippen LogP contribution is -2.20. The molecule has 96 valence electrons. The number of halogens is 1. The molecule has 1 aromatic rings. The first-order valence-corrected chi connectivity index (χ1v) is 6.35. The molecule has 4 nitrogen and oxygen atoms in total. The highest BCUT2D eigenvalue weighted by Crippen LogP contribution is 2.24. The molecule has 0 amide bonds. The third-order valence-electron chi connectivity index (χ3n) is 2.48. The van der Waals surface area contributed by atoms with Gasteiger partial charge in [-0.05, 0) is 19.3 Å². The van der Waals surface area contributed by atoms with Crippen LogP contribution in [-0.2, 0) is 0 Å². The first-order valence-electron chi connectivity index (χ1n) is 5.97. The van der Waals surface area contributed by atoms with E-state index in [0.717, 1.165) is 13.0 Å². The fourth-order valence-corrected chi connectivity index (χ4v) is 1.20. The summed E-state index contributed by atoms with van der Waals surface area (Å²) in [6.07, 6.45) is 2.65. The van der Waals surface area contributed by atoms with Crippen LogP contribution in [0.2, 0.25) is 5.02 Å². The van der Waals surface area contributed by atoms with Crippen LogP contribution in [0.5, 0.6) is 5.88 Å². The van der Waals surface area contributed by atoms with Gasteiger partial charge in [-0.15, -0.1) is 0 Å². The quantitative estimate of drug-likeness (QED) is 0.849. The van der Waals surface area contributed by atoms with Crippen LogP contribution in [0.1, 0.15) is 34.1 Å². The zero-order chi connectivity index (χ0) is 12.8. The Kier molecular flexibility index (Phi) is 5.48. The molecule has 17 heavy (non-hydrogen) atoms. The molecule has 1 atom stereocenters. The fraction of sp³-hybridized carbons (Fsp3) is 0.667. The molecule has 0 saturated heterocycles. The Labute approximate surface area is 108 Å². The number of aromatic nitrogens is 2. The maximum atomic E-state index is 6.00. The number of nitrogens with one attached hydrogen (secondary N) is 1. The Balaban J connectivity index is 2.75. The van der Waals surface area contributed by atoms with E-state index in [9.17, 15) is 0 Å². The van der Waals surface area contributed by atoms with Crippen LogP contribution < -0.4 is 10.1 Å². The predicted octanol–water partition coefficient (Wildman–Crippen LogP) is 3.38. The summed E-state index contributed by atoms with van der Waals surface area (Å²) in [5.41, 5.74) is 0. The SMILES string of the molecule is CCCNc1ncc(Cl)c(OC(C)C(C)C)n1. The molecule has 1 heterocycles. The van der Waals surface area contributed by atoms with Crippen LogP contribution in [0.25, 0.3) is 0 Å². The highest BCUT2D eigenvalue weighted by molar-refractivity contribution is 6.31. The van der Waals surface area contributed by atoms with Gasteiger partial charge in [0.25, 0.3) is 0 Å². The summed E-state index contributed by atoms with van der Waals surface area (Å²) in [6.45, 7) is 9.11. The van der Waals surface area contributed by atoms with Gasteiger partial charge in [0.15, 0.2) is 0 Å². The van der Waals surface area contributed by atoms with Crippen LogP contribution >= 0.6 is 11.6 Å². The zero-order valence-electron chi connectivity index (χ0n) is 10.8. The third-order valence-corrected chi connectivity index (χ3v) is 2.74. The number of hydrogen-bond acceptors (Lipinski definition) is 4. The van der Waals surface area contributed by atoms with Gasteiger partial charge in [-0.1, -0.05) is 32.4 Å². The Morgan fingerprint density at radius 3 is 2.71 bits per heavy atom. The monoisotopic (exact) mass is 257 g/mol. The minimum Gasteiger partial charge on any atom is -0.473 e. The van der Waals surface area contributed by atoms with Gasteiger partial charge in [0.2, 0.25) is 11.8 Å². The van der Waals surface area contributed by atoms with E-state index in [1.54, 1.807) is 6.20 Å². The van der Waals surface area contributed by atoms with Crippen molar-refractivity contribution in [1.82, 2.24) is 9.97 Å². The first-order chi connectivity index (χ1) is 8.04. The first kappa shape index (κ1) is 14.0. The fourth-order valence-electron chi connectivity index (χ4n) is 1.07. The van der Waals surface area contributed by atoms with E-state index in [1.807, 2.05) is 6.92 Å². The van der Waals surface area contributed by atoms with Gasteiger partial charge in [0.05, 0.1) is 12.3 Å². The van der Waals surface area contributed by atoms with Gasteiger partial charge in [-0.25, -0.2) is 4.98 Å². The van der Waals surface area contributed by atoms with E-state index in [2.05, 4.69) is 36.1 Å². The van der Waals surface area contributed by atoms with Crippen LogP contribution in [0.3, 0.4) is 0 Å². The molecule has 0 radical (unpaired) electrons. The van der Waals surface area contributed by atoms with Crippen molar-refractivity contribution >= 4 is 17.5 Å². The molecular formula is C12H20ClN3O. The van der Waals surface area contributed by atoms with Gasteiger partial charge < -0.3 is 10.1 Å². The zero-order valence-corrected chi connectivity index (χ0v) is 11.6. The van der Waals surface area contributed by atoms with Crippen molar-refractivity contribution in [2.24, 2.45) is 5.92 Å². The summed E-state index contributed by atoms with van der Waals surface area (Å²) in [5.74, 6) is 1.41. The maximum absolute atomic E-state index is 6.00. The normalized spacial score (nSPS) is 12.6. The number of nitrogens with zero attached hydrogens (tertiary/aromatic N) is 2. The van der Waals surface area contributed by atoms with Crippen LogP contribution in [0.4, 0.5) is 5.95 Å². The highest BCUT2D eigenvalue weighted by Gasteiger charge is 2.13. The van der Waals surface area contributed by atoms with Gasteiger partial charge in [0, 0.05) is 6.54 Å². The standard InChI is InChI=1S/C12H20ClN3O/c1-5-6-14-12-15-7-10(13)11(16-12)17-9(4)8(2)3/h7-9H,5-6H2,1-4H3,(H,14,15,16). The molecule has 0 fully saturated rings. The molecule has 0 aromatic carbocycles. The molecule has 5 heteroatoms. The largest absolute Gasteiger partial charge is 0.473 e. The van der Waals surface area contributed by atoms with Crippen molar-refractivity contribution in [3.8, 4) is 5.88 Å². The van der Waals surface area contributed by atoms with Gasteiger partial charge in [-0.2, -0.15) is 4.98 Å². The summed E-state index contributed by atoms with van der Waals surface area (Å²) in [4.78, 5) is 8.35. The Morgan fingerprint density at radius 1 is 1.41 bits per heavy atom. The van der Waals surface area contributed by atoms with E-state index in [0.29, 0.717) is 22.8 Å². The molecule has 1 unspecified atom stereocenters. The van der Waals surface area contributed by atoms with E-state index in [-0.39, 0.29) is 6.10 Å². The second-order valence-corrected chi connectivity index (χ2v) is 4.75. The molecule has 0 aliphatic heterocycles. The lowest BCUT2D eigenvalue weighted by atomic mass is 10.1. The van der Waals surface area contributed by atoms with Gasteiger partial charge in [0.1, 0.15) is 5.02 Å². The van der Waals surface area contributed by atoms with Crippen molar-refractivity contribution in [2.45, 2.75) is 40.2 Å². The van der Waals surface area contributed by atoms with Crippen molar-refractivity contribution in [1.29, 1.82) is 0 Å². The van der Waals surface area contributed by atoms with Crippen LogP contribution in [-0.4, -0.2) is 22.6 Å². The summed E-state index contributed by atoms with van der Waals surface area (Å²) < 4.78 is 5.70. The highest BCUT2D eigenvalue weighted by atomic mass is 35.5. The van der Waals surface area contributed by atoms with Crippen molar-refractivity contribution in [3.63, 3.8) is 0 Å². The average molecular weight is 258 g/mol. The van der Waals surface area contributed by atoms with E-state index in [1.165, 1.54) is 0 Å². The molecule has 1 rings (SSSR count). The summed E-state index contributed by atoms with van der Waals surface area (Å²) in [6, 6.07) is 0. The Morgan fingerprint density at radius 2 is 2.12 bits per heavy atom. The van der Waals surface area contributed by atoms with Crippen molar-refractivity contribution < 1.29 is 4.74 Å². The Bertz CT molecular complexity index is 358. The number of hydrogen-bond donors (Lipinski definition) is 1. The third kappa shape index (κ3) is 4.38. The molecule has 0 spiro atoms. The molecular weight excluding hydrogens is 238 g/mol. The molecule has 0 aliphatic rings. The van der Waals surface area contributed by atoms with Crippen LogP contribution in [0.15, 0.2) is 6.20 Å². The number of ether oxygens (including phenoxy) is 1. The molecule has 0 saturated carbocycles. The molecule has 1 N–H and O–H groups in total. The molecule has 1 aromatic heterocycles. The second kappa shape index (κ2) is 6.64. The minimum atomic E-state index is 0.0708. The lowest BCUT2D eigenvalue weighted by molar-refractivity contribution is 0.163. The Hall–Kier alpha value is -1.03. The topological polar surface area (TPSA) is 47.0 Å².